The van der Waals surface area contributed by atoms with Gasteiger partial charge in [0.1, 0.15) is 17.8 Å². The summed E-state index contributed by atoms with van der Waals surface area (Å²) >= 11 is 0. The van der Waals surface area contributed by atoms with Crippen molar-refractivity contribution in [2.75, 3.05) is 11.9 Å². The Morgan fingerprint density at radius 2 is 1.90 bits per heavy atom. The number of benzene rings is 1. The van der Waals surface area contributed by atoms with Crippen molar-refractivity contribution in [1.29, 1.82) is 0 Å². The summed E-state index contributed by atoms with van der Waals surface area (Å²) < 4.78 is 0. The molecule has 4 rings (SSSR count). The van der Waals surface area contributed by atoms with Crippen molar-refractivity contribution in [2.45, 2.75) is 38.6 Å². The molecule has 8 heteroatoms. The predicted octanol–water partition coefficient (Wildman–Crippen LogP) is 3.74. The molecule has 0 aliphatic heterocycles. The number of aromatic amines is 1. The molecule has 4 N–H and O–H groups in total. The first-order chi connectivity index (χ1) is 14.5. The van der Waals surface area contributed by atoms with Crippen LogP contribution in [0.1, 0.15) is 47.2 Å². The lowest BCUT2D eigenvalue weighted by molar-refractivity contribution is 0.103. The van der Waals surface area contributed by atoms with Gasteiger partial charge in [-0.3, -0.25) is 4.79 Å². The number of hydrogen-bond acceptors (Lipinski definition) is 5. The highest BCUT2D eigenvalue weighted by Gasteiger charge is 2.23. The maximum absolute atomic E-state index is 13.2. The number of aryl methyl sites for hydroxylation is 1. The Kier molecular flexibility index (Phi) is 5.65. The number of amides is 1. The number of rotatable bonds is 6. The number of carboxylic acid groups (broad SMARTS) is 1. The normalized spacial score (nSPS) is 18.8. The molecule has 30 heavy (non-hydrogen) atoms. The van der Waals surface area contributed by atoms with Gasteiger partial charge in [-0.2, -0.15) is 0 Å². The number of nitrogens with zero attached hydrogens (tertiary/aromatic N) is 2. The quantitative estimate of drug-likeness (QED) is 0.462. The molecule has 156 valence electrons. The first-order valence-corrected chi connectivity index (χ1v) is 10.2. The van der Waals surface area contributed by atoms with Crippen molar-refractivity contribution in [1.82, 2.24) is 20.3 Å². The Morgan fingerprint density at radius 3 is 2.63 bits per heavy atom. The van der Waals surface area contributed by atoms with Crippen LogP contribution in [0.3, 0.4) is 0 Å². The van der Waals surface area contributed by atoms with Crippen LogP contribution in [0, 0.1) is 12.8 Å². The zero-order valence-corrected chi connectivity index (χ0v) is 16.8. The highest BCUT2D eigenvalue weighted by Crippen LogP contribution is 2.28. The van der Waals surface area contributed by atoms with Gasteiger partial charge in [0, 0.05) is 24.3 Å². The zero-order chi connectivity index (χ0) is 21.1. The first-order valence-electron chi connectivity index (χ1n) is 10.2. The van der Waals surface area contributed by atoms with Crippen molar-refractivity contribution < 1.29 is 14.7 Å². The molecule has 1 aliphatic rings. The number of aromatic nitrogens is 3. The summed E-state index contributed by atoms with van der Waals surface area (Å²) in [4.78, 5) is 35.7. The molecule has 2 heterocycles. The van der Waals surface area contributed by atoms with E-state index in [4.69, 9.17) is 5.11 Å². The van der Waals surface area contributed by atoms with Gasteiger partial charge in [-0.1, -0.05) is 24.3 Å². The van der Waals surface area contributed by atoms with E-state index in [0.717, 1.165) is 37.8 Å². The van der Waals surface area contributed by atoms with E-state index >= 15 is 0 Å². The van der Waals surface area contributed by atoms with E-state index in [9.17, 15) is 9.59 Å². The molecule has 1 aliphatic carbocycles. The van der Waals surface area contributed by atoms with E-state index in [2.05, 4.69) is 25.6 Å². The van der Waals surface area contributed by atoms with Gasteiger partial charge in [0.05, 0.1) is 10.9 Å². The number of nitrogens with one attached hydrogen (secondary N) is 3. The SMILES string of the molecule is Cc1ccccc1C(=O)c1c[nH]c2ncnc(NCC3CCC(NC(=O)O)CC3)c12. The second kappa shape index (κ2) is 8.52. The highest BCUT2D eigenvalue weighted by molar-refractivity contribution is 6.18. The van der Waals surface area contributed by atoms with E-state index in [-0.39, 0.29) is 11.8 Å². The molecule has 0 radical (unpaired) electrons. The van der Waals surface area contributed by atoms with Gasteiger partial charge in [0.25, 0.3) is 0 Å². The van der Waals surface area contributed by atoms with Crippen molar-refractivity contribution in [2.24, 2.45) is 5.92 Å². The van der Waals surface area contributed by atoms with E-state index in [1.165, 1.54) is 6.33 Å². The molecule has 0 unspecified atom stereocenters. The van der Waals surface area contributed by atoms with Crippen LogP contribution in [0.2, 0.25) is 0 Å². The Morgan fingerprint density at radius 1 is 1.13 bits per heavy atom. The van der Waals surface area contributed by atoms with E-state index in [1.54, 1.807) is 6.20 Å². The second-order valence-electron chi connectivity index (χ2n) is 7.84. The van der Waals surface area contributed by atoms with Gasteiger partial charge in [0.15, 0.2) is 5.78 Å². The van der Waals surface area contributed by atoms with Gasteiger partial charge in [0.2, 0.25) is 0 Å². The van der Waals surface area contributed by atoms with Crippen molar-refractivity contribution in [3.8, 4) is 0 Å². The highest BCUT2D eigenvalue weighted by atomic mass is 16.4. The van der Waals surface area contributed by atoms with Crippen LogP contribution in [0.15, 0.2) is 36.8 Å². The number of ketones is 1. The minimum absolute atomic E-state index is 0.0347. The maximum atomic E-state index is 13.2. The monoisotopic (exact) mass is 407 g/mol. The summed E-state index contributed by atoms with van der Waals surface area (Å²) in [6.07, 6.45) is 5.76. The van der Waals surface area contributed by atoms with Gasteiger partial charge in [-0.05, 0) is 44.1 Å². The molecule has 8 nitrogen and oxygen atoms in total. The smallest absolute Gasteiger partial charge is 0.404 e. The molecule has 1 fully saturated rings. The Bertz CT molecular complexity index is 1070. The maximum Gasteiger partial charge on any atom is 0.404 e. The average molecular weight is 407 g/mol. The fourth-order valence-electron chi connectivity index (χ4n) is 4.18. The van der Waals surface area contributed by atoms with Crippen LogP contribution in [0.25, 0.3) is 11.0 Å². The Hall–Kier alpha value is -3.42. The molecule has 1 saturated carbocycles. The molecule has 0 spiro atoms. The van der Waals surface area contributed by atoms with E-state index < -0.39 is 6.09 Å². The summed E-state index contributed by atoms with van der Waals surface area (Å²) in [6, 6.07) is 7.57. The van der Waals surface area contributed by atoms with E-state index in [0.29, 0.717) is 33.9 Å². The van der Waals surface area contributed by atoms with Crippen LogP contribution in [-0.2, 0) is 0 Å². The van der Waals surface area contributed by atoms with Crippen LogP contribution < -0.4 is 10.6 Å². The standard InChI is InChI=1S/C22H25N5O3/c1-13-4-2-3-5-16(13)19(28)17-11-24-21-18(17)20(25-12-26-21)23-10-14-6-8-15(9-7-14)27-22(29)30/h2-5,11-12,14-15,27H,6-10H2,1H3,(H,29,30)(H2,23,24,25,26). The van der Waals surface area contributed by atoms with Crippen LogP contribution in [0.5, 0.6) is 0 Å². The molecule has 3 aromatic rings. The van der Waals surface area contributed by atoms with Crippen molar-refractivity contribution >= 4 is 28.7 Å². The van der Waals surface area contributed by atoms with Crippen molar-refractivity contribution in [3.63, 3.8) is 0 Å². The lowest BCUT2D eigenvalue weighted by atomic mass is 9.86. The number of hydrogen-bond donors (Lipinski definition) is 4. The summed E-state index contributed by atoms with van der Waals surface area (Å²) in [7, 11) is 0. The lowest BCUT2D eigenvalue weighted by Crippen LogP contribution is -2.37. The Balaban J connectivity index is 1.50. The third kappa shape index (κ3) is 4.12. The summed E-state index contributed by atoms with van der Waals surface area (Å²) in [5, 5.41) is 15.5. The molecular weight excluding hydrogens is 382 g/mol. The average Bonchev–Trinajstić information content (AvgIpc) is 3.17. The van der Waals surface area contributed by atoms with Crippen LogP contribution in [0.4, 0.5) is 10.6 Å². The lowest BCUT2D eigenvalue weighted by Gasteiger charge is -2.28. The topological polar surface area (TPSA) is 120 Å². The first kappa shape index (κ1) is 19.9. The summed E-state index contributed by atoms with van der Waals surface area (Å²) in [5.74, 6) is 1.01. The second-order valence-corrected chi connectivity index (χ2v) is 7.84. The summed E-state index contributed by atoms with van der Waals surface area (Å²) in [5.41, 5.74) is 2.77. The number of H-pyrrole nitrogens is 1. The predicted molar refractivity (Wildman–Crippen MR) is 114 cm³/mol. The molecule has 0 bridgehead atoms. The summed E-state index contributed by atoms with van der Waals surface area (Å²) in [6.45, 7) is 2.64. The van der Waals surface area contributed by atoms with Crippen LogP contribution >= 0.6 is 0 Å². The number of carbonyl (C=O) groups is 2. The van der Waals surface area contributed by atoms with Gasteiger partial charge in [-0.25, -0.2) is 14.8 Å². The number of fused-ring (bicyclic) bond motifs is 1. The molecule has 0 saturated heterocycles. The van der Waals surface area contributed by atoms with Gasteiger partial charge < -0.3 is 20.7 Å². The largest absolute Gasteiger partial charge is 0.465 e. The molecule has 1 amide bonds. The minimum Gasteiger partial charge on any atom is -0.465 e. The zero-order valence-electron chi connectivity index (χ0n) is 16.8. The minimum atomic E-state index is -0.960. The third-order valence-electron chi connectivity index (χ3n) is 5.84. The third-order valence-corrected chi connectivity index (χ3v) is 5.84. The molecule has 0 atom stereocenters. The fourth-order valence-corrected chi connectivity index (χ4v) is 4.18. The van der Waals surface area contributed by atoms with Gasteiger partial charge in [-0.15, -0.1) is 0 Å². The number of carbonyl (C=O) groups excluding carboxylic acids is 1. The molecule has 1 aromatic carbocycles. The molecule has 2 aromatic heterocycles. The fraction of sp³-hybridized carbons (Fsp3) is 0.364. The van der Waals surface area contributed by atoms with E-state index in [1.807, 2.05) is 31.2 Å². The van der Waals surface area contributed by atoms with Gasteiger partial charge >= 0.3 is 6.09 Å². The number of anilines is 1. The molecular formula is C22H25N5O3. The van der Waals surface area contributed by atoms with Crippen molar-refractivity contribution in [3.05, 3.63) is 53.5 Å². The Labute approximate surface area is 174 Å². The van der Waals surface area contributed by atoms with Crippen LogP contribution in [-0.4, -0.2) is 44.5 Å².